The number of aromatic nitrogens is 1. The van der Waals surface area contributed by atoms with Crippen molar-refractivity contribution in [3.63, 3.8) is 0 Å². The van der Waals surface area contributed by atoms with Crippen LogP contribution >= 0.6 is 11.3 Å². The summed E-state index contributed by atoms with van der Waals surface area (Å²) in [5.41, 5.74) is 1.95. The minimum Gasteiger partial charge on any atom is -0.497 e. The zero-order chi connectivity index (χ0) is 17.6. The lowest BCUT2D eigenvalue weighted by atomic mass is 10.2. The van der Waals surface area contributed by atoms with Crippen molar-refractivity contribution in [2.24, 2.45) is 0 Å². The quantitative estimate of drug-likeness (QED) is 0.573. The molecule has 3 rings (SSSR count). The minimum atomic E-state index is 0.0507. The molecular formula is C20H20N2O2S. The normalized spacial score (nSPS) is 10.6. The maximum atomic E-state index is 12.7. The number of nitrogens with zero attached hydrogens (tertiary/aromatic N) is 2. The standard InChI is InChI=1S/C20H20N2O2S/c1-3-4-10-19(23)22(14-15-8-6-5-7-9-15)20-21-17-12-11-16(24-2)13-18(17)25-20/h3,5-9,11-13H,1,4,10,14H2,2H3. The Morgan fingerprint density at radius 3 is 2.80 bits per heavy atom. The van der Waals surface area contributed by atoms with Crippen LogP contribution in [-0.2, 0) is 11.3 Å². The van der Waals surface area contributed by atoms with Crippen LogP contribution < -0.4 is 9.64 Å². The van der Waals surface area contributed by atoms with Crippen molar-refractivity contribution in [2.45, 2.75) is 19.4 Å². The molecule has 25 heavy (non-hydrogen) atoms. The first-order valence-corrected chi connectivity index (χ1v) is 8.92. The van der Waals surface area contributed by atoms with E-state index in [1.807, 2.05) is 48.5 Å². The van der Waals surface area contributed by atoms with E-state index < -0.39 is 0 Å². The summed E-state index contributed by atoms with van der Waals surface area (Å²) < 4.78 is 6.28. The van der Waals surface area contributed by atoms with Crippen molar-refractivity contribution in [1.29, 1.82) is 0 Å². The number of benzene rings is 2. The van der Waals surface area contributed by atoms with E-state index in [9.17, 15) is 4.79 Å². The molecule has 0 aliphatic heterocycles. The zero-order valence-corrected chi connectivity index (χ0v) is 15.0. The van der Waals surface area contributed by atoms with Crippen LogP contribution in [0.2, 0.25) is 0 Å². The summed E-state index contributed by atoms with van der Waals surface area (Å²) in [6, 6.07) is 15.7. The van der Waals surface area contributed by atoms with E-state index in [4.69, 9.17) is 4.74 Å². The maximum Gasteiger partial charge on any atom is 0.229 e. The van der Waals surface area contributed by atoms with E-state index in [1.165, 1.54) is 11.3 Å². The zero-order valence-electron chi connectivity index (χ0n) is 14.1. The van der Waals surface area contributed by atoms with Gasteiger partial charge in [0.15, 0.2) is 5.13 Å². The molecule has 0 aliphatic rings. The van der Waals surface area contributed by atoms with Gasteiger partial charge in [-0.15, -0.1) is 6.58 Å². The lowest BCUT2D eigenvalue weighted by Crippen LogP contribution is -2.29. The van der Waals surface area contributed by atoms with Gasteiger partial charge in [0.05, 0.1) is 23.9 Å². The molecule has 4 nitrogen and oxygen atoms in total. The molecule has 0 N–H and O–H groups in total. The lowest BCUT2D eigenvalue weighted by Gasteiger charge is -2.19. The van der Waals surface area contributed by atoms with E-state index in [1.54, 1.807) is 18.1 Å². The van der Waals surface area contributed by atoms with Crippen molar-refractivity contribution < 1.29 is 9.53 Å². The van der Waals surface area contributed by atoms with Crippen LogP contribution in [0.3, 0.4) is 0 Å². The largest absolute Gasteiger partial charge is 0.497 e. The smallest absolute Gasteiger partial charge is 0.229 e. The number of fused-ring (bicyclic) bond motifs is 1. The number of hydrogen-bond donors (Lipinski definition) is 0. The third-order valence-corrected chi connectivity index (χ3v) is 4.90. The highest BCUT2D eigenvalue weighted by atomic mass is 32.1. The topological polar surface area (TPSA) is 42.4 Å². The van der Waals surface area contributed by atoms with Crippen molar-refractivity contribution in [2.75, 3.05) is 12.0 Å². The number of rotatable bonds is 7. The number of thiazole rings is 1. The fourth-order valence-electron chi connectivity index (χ4n) is 2.52. The summed E-state index contributed by atoms with van der Waals surface area (Å²) in [6.07, 6.45) is 2.85. The lowest BCUT2D eigenvalue weighted by molar-refractivity contribution is -0.118. The fourth-order valence-corrected chi connectivity index (χ4v) is 3.53. The van der Waals surface area contributed by atoms with Gasteiger partial charge in [0.1, 0.15) is 5.75 Å². The monoisotopic (exact) mass is 352 g/mol. The molecule has 1 amide bonds. The Kier molecular flexibility index (Phi) is 5.46. The SMILES string of the molecule is C=CCCC(=O)N(Cc1ccccc1)c1nc2ccc(OC)cc2s1. The number of anilines is 1. The second-order valence-corrected chi connectivity index (χ2v) is 6.63. The first-order valence-electron chi connectivity index (χ1n) is 8.11. The summed E-state index contributed by atoms with van der Waals surface area (Å²) in [4.78, 5) is 19.1. The number of carbonyl (C=O) groups excluding carboxylic acids is 1. The van der Waals surface area contributed by atoms with Gasteiger partial charge in [-0.2, -0.15) is 0 Å². The van der Waals surface area contributed by atoms with Gasteiger partial charge in [-0.1, -0.05) is 47.7 Å². The van der Waals surface area contributed by atoms with Crippen molar-refractivity contribution in [3.8, 4) is 5.75 Å². The number of ether oxygens (including phenoxy) is 1. The fraction of sp³-hybridized carbons (Fsp3) is 0.200. The third kappa shape index (κ3) is 4.06. The Labute approximate surface area is 151 Å². The molecule has 1 heterocycles. The molecule has 2 aromatic carbocycles. The first kappa shape index (κ1) is 17.2. The Morgan fingerprint density at radius 2 is 2.08 bits per heavy atom. The highest BCUT2D eigenvalue weighted by Gasteiger charge is 2.19. The van der Waals surface area contributed by atoms with Gasteiger partial charge < -0.3 is 4.74 Å². The van der Waals surface area contributed by atoms with Crippen LogP contribution in [0.1, 0.15) is 18.4 Å². The summed E-state index contributed by atoms with van der Waals surface area (Å²) >= 11 is 1.50. The van der Waals surface area contributed by atoms with E-state index in [0.717, 1.165) is 21.5 Å². The highest BCUT2D eigenvalue weighted by Crippen LogP contribution is 2.32. The summed E-state index contributed by atoms with van der Waals surface area (Å²) in [7, 11) is 1.64. The molecule has 5 heteroatoms. The molecule has 0 fully saturated rings. The Balaban J connectivity index is 1.94. The molecule has 3 aromatic rings. The van der Waals surface area contributed by atoms with Crippen molar-refractivity contribution in [1.82, 2.24) is 4.98 Å². The Hall–Kier alpha value is -2.66. The molecule has 0 spiro atoms. The third-order valence-electron chi connectivity index (χ3n) is 3.86. The predicted octanol–water partition coefficient (Wildman–Crippen LogP) is 4.80. The van der Waals surface area contributed by atoms with Crippen LogP contribution in [0, 0.1) is 0 Å². The average molecular weight is 352 g/mol. The van der Waals surface area contributed by atoms with E-state index in [-0.39, 0.29) is 5.91 Å². The first-order chi connectivity index (χ1) is 12.2. The van der Waals surface area contributed by atoms with E-state index in [0.29, 0.717) is 24.5 Å². The van der Waals surface area contributed by atoms with Crippen LogP contribution in [0.15, 0.2) is 61.2 Å². The second-order valence-electron chi connectivity index (χ2n) is 5.62. The van der Waals surface area contributed by atoms with Gasteiger partial charge in [-0.25, -0.2) is 4.98 Å². The number of carbonyl (C=O) groups is 1. The van der Waals surface area contributed by atoms with E-state index >= 15 is 0 Å². The van der Waals surface area contributed by atoms with Crippen LogP contribution in [0.4, 0.5) is 5.13 Å². The molecule has 128 valence electrons. The number of hydrogen-bond acceptors (Lipinski definition) is 4. The van der Waals surface area contributed by atoms with Gasteiger partial charge in [-0.3, -0.25) is 9.69 Å². The molecule has 0 aliphatic carbocycles. The van der Waals surface area contributed by atoms with E-state index in [2.05, 4.69) is 11.6 Å². The Morgan fingerprint density at radius 1 is 1.28 bits per heavy atom. The van der Waals surface area contributed by atoms with Crippen molar-refractivity contribution in [3.05, 3.63) is 66.7 Å². The minimum absolute atomic E-state index is 0.0507. The van der Waals surface area contributed by atoms with Gasteiger partial charge in [0.25, 0.3) is 0 Å². The summed E-state index contributed by atoms with van der Waals surface area (Å²) in [5, 5.41) is 0.709. The molecular weight excluding hydrogens is 332 g/mol. The van der Waals surface area contributed by atoms with Gasteiger partial charge >= 0.3 is 0 Å². The summed E-state index contributed by atoms with van der Waals surface area (Å²) in [6.45, 7) is 4.21. The summed E-state index contributed by atoms with van der Waals surface area (Å²) in [5.74, 6) is 0.838. The van der Waals surface area contributed by atoms with Crippen molar-refractivity contribution >= 4 is 32.6 Å². The van der Waals surface area contributed by atoms with Gasteiger partial charge in [-0.05, 0) is 30.2 Å². The average Bonchev–Trinajstić information content (AvgIpc) is 3.07. The molecule has 0 radical (unpaired) electrons. The molecule has 0 atom stereocenters. The molecule has 0 bridgehead atoms. The number of methoxy groups -OCH3 is 1. The van der Waals surface area contributed by atoms with Gasteiger partial charge in [0, 0.05) is 6.42 Å². The molecule has 0 saturated heterocycles. The maximum absolute atomic E-state index is 12.7. The molecule has 0 unspecified atom stereocenters. The number of amides is 1. The second kappa shape index (κ2) is 7.94. The number of allylic oxidation sites excluding steroid dienone is 1. The van der Waals surface area contributed by atoms with Crippen LogP contribution in [-0.4, -0.2) is 18.0 Å². The predicted molar refractivity (Wildman–Crippen MR) is 103 cm³/mol. The Bertz CT molecular complexity index is 874. The van der Waals surface area contributed by atoms with Crippen LogP contribution in [0.5, 0.6) is 5.75 Å². The molecule has 1 aromatic heterocycles. The van der Waals surface area contributed by atoms with Gasteiger partial charge in [0.2, 0.25) is 5.91 Å². The van der Waals surface area contributed by atoms with Crippen LogP contribution in [0.25, 0.3) is 10.2 Å². The molecule has 0 saturated carbocycles. The highest BCUT2D eigenvalue weighted by molar-refractivity contribution is 7.22.